The summed E-state index contributed by atoms with van der Waals surface area (Å²) in [6.07, 6.45) is 5.23. The molecule has 1 aromatic carbocycles. The van der Waals surface area contributed by atoms with E-state index in [0.717, 1.165) is 0 Å². The Kier molecular flexibility index (Phi) is 3.65. The van der Waals surface area contributed by atoms with Gasteiger partial charge in [0.15, 0.2) is 5.84 Å². The molecule has 0 aromatic heterocycles. The van der Waals surface area contributed by atoms with Crippen LogP contribution in [-0.2, 0) is 0 Å². The van der Waals surface area contributed by atoms with Crippen LogP contribution in [0, 0.1) is 29.1 Å². The highest BCUT2D eigenvalue weighted by Gasteiger charge is 2.00. The zero-order chi connectivity index (χ0) is 12.0. The first kappa shape index (κ1) is 11.3. The molecule has 78 valence electrons. The largest absolute Gasteiger partial charge is 0.382 e. The van der Waals surface area contributed by atoms with Gasteiger partial charge in [0.25, 0.3) is 0 Å². The molecule has 0 unspecified atom stereocenters. The van der Waals surface area contributed by atoms with Gasteiger partial charge in [-0.1, -0.05) is 12.0 Å². The van der Waals surface area contributed by atoms with Gasteiger partial charge in [-0.15, -0.1) is 6.42 Å². The molecule has 4 N–H and O–H groups in total. The van der Waals surface area contributed by atoms with Gasteiger partial charge in [0.1, 0.15) is 6.07 Å². The predicted molar refractivity (Wildman–Crippen MR) is 63.0 cm³/mol. The number of rotatable bonds is 3. The van der Waals surface area contributed by atoms with Gasteiger partial charge in [-0.25, -0.2) is 0 Å². The molecule has 1 aromatic rings. The number of hydrogen-bond donors (Lipinski definition) is 3. The monoisotopic (exact) mass is 211 g/mol. The predicted octanol–water partition coefficient (Wildman–Crippen LogP) is 0.895. The number of nitrogens with zero attached hydrogens (tertiary/aromatic N) is 2. The van der Waals surface area contributed by atoms with Crippen LogP contribution in [0.3, 0.4) is 0 Å². The summed E-state index contributed by atoms with van der Waals surface area (Å²) in [5.41, 5.74) is 8.88. The van der Waals surface area contributed by atoms with Crippen molar-refractivity contribution in [2.24, 2.45) is 10.8 Å². The minimum absolute atomic E-state index is 0.175. The van der Waals surface area contributed by atoms with Crippen molar-refractivity contribution in [2.75, 3.05) is 5.43 Å². The zero-order valence-electron chi connectivity index (χ0n) is 8.36. The van der Waals surface area contributed by atoms with Gasteiger partial charge in [-0.2, -0.15) is 10.4 Å². The molecule has 0 saturated carbocycles. The quantitative estimate of drug-likeness (QED) is 0.300. The van der Waals surface area contributed by atoms with Crippen LogP contribution in [0.4, 0.5) is 5.69 Å². The number of amidine groups is 1. The number of nitrogens with two attached hydrogens (primary N) is 1. The standard InChI is InChI=1S/C11H9N5/c1-2-8-4-3-5-9(6-8)15-16-10(7-12)11(13)14/h1,3-6,15H,(H3,13,14)/b16-10+. The van der Waals surface area contributed by atoms with Gasteiger partial charge >= 0.3 is 0 Å². The minimum atomic E-state index is -0.386. The SMILES string of the molecule is C#Cc1cccc(N/N=C(\C#N)C(=N)N)c1. The van der Waals surface area contributed by atoms with Crippen molar-refractivity contribution in [3.8, 4) is 18.4 Å². The van der Waals surface area contributed by atoms with Crippen molar-refractivity contribution >= 4 is 17.2 Å². The van der Waals surface area contributed by atoms with Crippen molar-refractivity contribution in [2.45, 2.75) is 0 Å². The molecule has 0 amide bonds. The Balaban J connectivity index is 2.86. The second kappa shape index (κ2) is 5.18. The average Bonchev–Trinajstić information content (AvgIpc) is 2.29. The van der Waals surface area contributed by atoms with Gasteiger partial charge in [0, 0.05) is 5.56 Å². The van der Waals surface area contributed by atoms with Gasteiger partial charge in [-0.05, 0) is 18.2 Å². The number of anilines is 1. The van der Waals surface area contributed by atoms with E-state index in [2.05, 4.69) is 16.4 Å². The number of hydrazone groups is 1. The molecule has 16 heavy (non-hydrogen) atoms. The fourth-order valence-electron chi connectivity index (χ4n) is 0.944. The summed E-state index contributed by atoms with van der Waals surface area (Å²) in [4.78, 5) is 0. The van der Waals surface area contributed by atoms with E-state index in [1.165, 1.54) is 0 Å². The van der Waals surface area contributed by atoms with E-state index in [9.17, 15) is 0 Å². The maximum atomic E-state index is 8.60. The Bertz CT molecular complexity index is 516. The van der Waals surface area contributed by atoms with Crippen LogP contribution in [0.5, 0.6) is 0 Å². The third-order valence-electron chi connectivity index (χ3n) is 1.69. The summed E-state index contributed by atoms with van der Waals surface area (Å²) >= 11 is 0. The topological polar surface area (TPSA) is 98.0 Å². The van der Waals surface area contributed by atoms with Gasteiger partial charge in [0.2, 0.25) is 5.71 Å². The molecule has 0 atom stereocenters. The van der Waals surface area contributed by atoms with Crippen molar-refractivity contribution in [1.29, 1.82) is 10.7 Å². The Morgan fingerprint density at radius 3 is 2.88 bits per heavy atom. The Morgan fingerprint density at radius 1 is 1.56 bits per heavy atom. The summed E-state index contributed by atoms with van der Waals surface area (Å²) in [5.74, 6) is 2.09. The third-order valence-corrected chi connectivity index (χ3v) is 1.69. The molecule has 0 aliphatic heterocycles. The van der Waals surface area contributed by atoms with E-state index in [1.54, 1.807) is 30.3 Å². The van der Waals surface area contributed by atoms with Crippen molar-refractivity contribution in [1.82, 2.24) is 0 Å². The molecule has 0 aliphatic rings. The van der Waals surface area contributed by atoms with Crippen LogP contribution >= 0.6 is 0 Å². The summed E-state index contributed by atoms with van der Waals surface area (Å²) in [6.45, 7) is 0. The Morgan fingerprint density at radius 2 is 2.31 bits per heavy atom. The molecule has 0 heterocycles. The number of nitriles is 1. The summed E-state index contributed by atoms with van der Waals surface area (Å²) < 4.78 is 0. The smallest absolute Gasteiger partial charge is 0.201 e. The van der Waals surface area contributed by atoms with E-state index < -0.39 is 0 Å². The van der Waals surface area contributed by atoms with Crippen molar-refractivity contribution in [3.63, 3.8) is 0 Å². The van der Waals surface area contributed by atoms with E-state index in [1.807, 2.05) is 0 Å². The molecule has 0 spiro atoms. The third kappa shape index (κ3) is 2.86. The highest BCUT2D eigenvalue weighted by molar-refractivity contribution is 6.45. The summed E-state index contributed by atoms with van der Waals surface area (Å²) in [7, 11) is 0. The van der Waals surface area contributed by atoms with Crippen LogP contribution in [-0.4, -0.2) is 11.5 Å². The maximum Gasteiger partial charge on any atom is 0.201 e. The molecular weight excluding hydrogens is 202 g/mol. The van der Waals surface area contributed by atoms with Gasteiger partial charge in [-0.3, -0.25) is 10.8 Å². The molecule has 0 saturated heterocycles. The van der Waals surface area contributed by atoms with Crippen LogP contribution in [0.1, 0.15) is 5.56 Å². The fraction of sp³-hybridized carbons (Fsp3) is 0. The highest BCUT2D eigenvalue weighted by atomic mass is 15.3. The first-order valence-corrected chi connectivity index (χ1v) is 4.32. The molecule has 0 aliphatic carbocycles. The molecule has 5 heteroatoms. The Labute approximate surface area is 93.1 Å². The van der Waals surface area contributed by atoms with Crippen molar-refractivity contribution in [3.05, 3.63) is 29.8 Å². The van der Waals surface area contributed by atoms with Gasteiger partial charge < -0.3 is 5.73 Å². The molecule has 0 radical (unpaired) electrons. The Hall–Kier alpha value is -2.79. The number of benzene rings is 1. The molecule has 0 bridgehead atoms. The van der Waals surface area contributed by atoms with Crippen molar-refractivity contribution < 1.29 is 0 Å². The fourth-order valence-corrected chi connectivity index (χ4v) is 0.944. The van der Waals surface area contributed by atoms with E-state index in [4.69, 9.17) is 22.8 Å². The molecule has 1 rings (SSSR count). The number of nitrogens with one attached hydrogen (secondary N) is 2. The second-order valence-electron chi connectivity index (χ2n) is 2.82. The zero-order valence-corrected chi connectivity index (χ0v) is 8.36. The van der Waals surface area contributed by atoms with Crippen LogP contribution in [0.2, 0.25) is 0 Å². The lowest BCUT2D eigenvalue weighted by atomic mass is 10.2. The van der Waals surface area contributed by atoms with E-state index in [-0.39, 0.29) is 11.5 Å². The van der Waals surface area contributed by atoms with Crippen LogP contribution < -0.4 is 11.2 Å². The van der Waals surface area contributed by atoms with Crippen LogP contribution in [0.15, 0.2) is 29.4 Å². The summed E-state index contributed by atoms with van der Waals surface area (Å²) in [5, 5.41) is 19.3. The van der Waals surface area contributed by atoms with E-state index >= 15 is 0 Å². The normalized spacial score (nSPS) is 10.0. The number of terminal acetylenes is 1. The molecule has 0 fully saturated rings. The number of hydrogen-bond acceptors (Lipinski definition) is 4. The molecular formula is C11H9N5. The maximum absolute atomic E-state index is 8.60. The summed E-state index contributed by atoms with van der Waals surface area (Å²) in [6, 6.07) is 8.65. The average molecular weight is 211 g/mol. The van der Waals surface area contributed by atoms with Gasteiger partial charge in [0.05, 0.1) is 5.69 Å². The lowest BCUT2D eigenvalue weighted by molar-refractivity contribution is 1.33. The minimum Gasteiger partial charge on any atom is -0.382 e. The lowest BCUT2D eigenvalue weighted by Crippen LogP contribution is -2.21. The van der Waals surface area contributed by atoms with Crippen LogP contribution in [0.25, 0.3) is 0 Å². The highest BCUT2D eigenvalue weighted by Crippen LogP contribution is 2.09. The second-order valence-corrected chi connectivity index (χ2v) is 2.82. The first-order chi connectivity index (χ1) is 7.67. The first-order valence-electron chi connectivity index (χ1n) is 4.32. The lowest BCUT2D eigenvalue weighted by Gasteiger charge is -2.01. The van der Waals surface area contributed by atoms with E-state index in [0.29, 0.717) is 11.3 Å². The molecule has 5 nitrogen and oxygen atoms in total.